The summed E-state index contributed by atoms with van der Waals surface area (Å²) < 4.78 is 4.95. The third-order valence-electron chi connectivity index (χ3n) is 2.89. The van der Waals surface area contributed by atoms with Crippen LogP contribution in [-0.2, 0) is 4.74 Å². The zero-order valence-corrected chi connectivity index (χ0v) is 10.9. The highest BCUT2D eigenvalue weighted by Gasteiger charge is 2.14. The van der Waals surface area contributed by atoms with Crippen molar-refractivity contribution in [3.05, 3.63) is 60.2 Å². The van der Waals surface area contributed by atoms with Gasteiger partial charge in [-0.25, -0.2) is 9.78 Å². The number of nitrogens with one attached hydrogen (secondary N) is 1. The number of hydrogen-bond acceptors (Lipinski definition) is 5. The first-order chi connectivity index (χ1) is 10.2. The molecule has 1 aromatic carbocycles. The largest absolute Gasteiger partial charge is 0.452 e. The van der Waals surface area contributed by atoms with E-state index in [1.165, 1.54) is 6.20 Å². The van der Waals surface area contributed by atoms with Crippen LogP contribution in [0.25, 0.3) is 11.0 Å². The number of esters is 1. The smallest absolute Gasteiger partial charge is 0.359 e. The molecule has 0 aliphatic rings. The minimum absolute atomic E-state index is 0.0768. The zero-order valence-electron chi connectivity index (χ0n) is 10.9. The Morgan fingerprint density at radius 1 is 1.10 bits per heavy atom. The van der Waals surface area contributed by atoms with Gasteiger partial charge in [-0.15, -0.1) is 0 Å². The maximum Gasteiger partial charge on any atom is 0.359 e. The average Bonchev–Trinajstić information content (AvgIpc) is 3.06. The first-order valence-electron chi connectivity index (χ1n) is 6.29. The highest BCUT2D eigenvalue weighted by atomic mass is 16.5. The van der Waals surface area contributed by atoms with Crippen molar-refractivity contribution in [2.24, 2.45) is 0 Å². The summed E-state index contributed by atoms with van der Waals surface area (Å²) >= 11 is 0. The lowest BCUT2D eigenvalue weighted by atomic mass is 10.3. The van der Waals surface area contributed by atoms with Gasteiger partial charge in [0.2, 0.25) is 5.78 Å². The van der Waals surface area contributed by atoms with E-state index in [0.717, 1.165) is 0 Å². The summed E-state index contributed by atoms with van der Waals surface area (Å²) in [6.45, 7) is -0.339. The van der Waals surface area contributed by atoms with Crippen LogP contribution in [0.15, 0.2) is 48.8 Å². The molecule has 0 saturated heterocycles. The number of fused-ring (bicyclic) bond motifs is 1. The van der Waals surface area contributed by atoms with Crippen molar-refractivity contribution >= 4 is 22.8 Å². The SMILES string of the molecule is O=C(OCC(=O)c1ccc[nH]1)c1cnc2ccccc2n1. The fourth-order valence-corrected chi connectivity index (χ4v) is 1.84. The lowest BCUT2D eigenvalue weighted by Gasteiger charge is -2.03. The molecule has 104 valence electrons. The fraction of sp³-hybridized carbons (Fsp3) is 0.0667. The van der Waals surface area contributed by atoms with Gasteiger partial charge in [-0.05, 0) is 24.3 Å². The fourth-order valence-electron chi connectivity index (χ4n) is 1.84. The maximum absolute atomic E-state index is 11.9. The first kappa shape index (κ1) is 13.0. The Morgan fingerprint density at radius 3 is 2.67 bits per heavy atom. The van der Waals surface area contributed by atoms with Crippen LogP contribution in [0.5, 0.6) is 0 Å². The highest BCUT2D eigenvalue weighted by Crippen LogP contribution is 2.09. The van der Waals surface area contributed by atoms with Gasteiger partial charge in [0.1, 0.15) is 0 Å². The molecule has 0 saturated carbocycles. The lowest BCUT2D eigenvalue weighted by molar-refractivity contribution is 0.0468. The molecule has 3 aromatic rings. The number of carbonyl (C=O) groups excluding carboxylic acids is 2. The third kappa shape index (κ3) is 2.79. The molecule has 0 amide bonds. The summed E-state index contributed by atoms with van der Waals surface area (Å²) in [6, 6.07) is 10.5. The first-order valence-corrected chi connectivity index (χ1v) is 6.29. The standard InChI is InChI=1S/C15H11N3O3/c19-14(12-6-3-7-16-12)9-21-15(20)13-8-17-10-4-1-2-5-11(10)18-13/h1-8,16H,9H2. The predicted octanol–water partition coefficient (Wildman–Crippen LogP) is 2.00. The van der Waals surface area contributed by atoms with Gasteiger partial charge in [0.25, 0.3) is 0 Å². The number of rotatable bonds is 4. The van der Waals surface area contributed by atoms with Crippen molar-refractivity contribution < 1.29 is 14.3 Å². The number of H-pyrrole nitrogens is 1. The van der Waals surface area contributed by atoms with E-state index < -0.39 is 5.97 Å². The summed E-state index contributed by atoms with van der Waals surface area (Å²) in [4.78, 5) is 34.6. The number of para-hydroxylation sites is 2. The lowest BCUT2D eigenvalue weighted by Crippen LogP contribution is -2.15. The summed E-state index contributed by atoms with van der Waals surface area (Å²) in [5.41, 5.74) is 1.76. The molecule has 2 heterocycles. The Morgan fingerprint density at radius 2 is 1.90 bits per heavy atom. The maximum atomic E-state index is 11.9. The molecule has 0 aliphatic carbocycles. The van der Waals surface area contributed by atoms with Crippen molar-refractivity contribution in [2.75, 3.05) is 6.61 Å². The van der Waals surface area contributed by atoms with Crippen LogP contribution in [-0.4, -0.2) is 33.3 Å². The van der Waals surface area contributed by atoms with Crippen LogP contribution in [0.4, 0.5) is 0 Å². The number of benzene rings is 1. The van der Waals surface area contributed by atoms with Gasteiger partial charge in [0.05, 0.1) is 22.9 Å². The summed E-state index contributed by atoms with van der Waals surface area (Å²) in [5.74, 6) is -0.977. The van der Waals surface area contributed by atoms with E-state index in [9.17, 15) is 9.59 Å². The Labute approximate surface area is 119 Å². The molecule has 0 bridgehead atoms. The van der Waals surface area contributed by atoms with Crippen molar-refractivity contribution in [1.29, 1.82) is 0 Å². The molecule has 2 aromatic heterocycles. The Bertz CT molecular complexity index is 797. The topological polar surface area (TPSA) is 84.9 Å². The zero-order chi connectivity index (χ0) is 14.7. The molecule has 0 atom stereocenters. The van der Waals surface area contributed by atoms with Crippen molar-refractivity contribution in [3.8, 4) is 0 Å². The normalized spacial score (nSPS) is 10.5. The van der Waals surface area contributed by atoms with Crippen LogP contribution >= 0.6 is 0 Å². The van der Waals surface area contributed by atoms with E-state index in [2.05, 4.69) is 15.0 Å². The minimum atomic E-state index is -0.673. The summed E-state index contributed by atoms with van der Waals surface area (Å²) in [5, 5.41) is 0. The van der Waals surface area contributed by atoms with E-state index in [-0.39, 0.29) is 18.1 Å². The second-order valence-corrected chi connectivity index (χ2v) is 4.33. The molecule has 0 spiro atoms. The number of aromatic nitrogens is 3. The molecule has 3 rings (SSSR count). The molecule has 0 aliphatic heterocycles. The molecule has 0 radical (unpaired) electrons. The number of aromatic amines is 1. The van der Waals surface area contributed by atoms with Crippen LogP contribution in [0, 0.1) is 0 Å². The predicted molar refractivity (Wildman–Crippen MR) is 74.9 cm³/mol. The van der Waals surface area contributed by atoms with E-state index in [1.807, 2.05) is 6.07 Å². The Kier molecular flexibility index (Phi) is 3.42. The number of ketones is 1. The Balaban J connectivity index is 1.70. The summed E-state index contributed by atoms with van der Waals surface area (Å²) in [6.07, 6.45) is 2.97. The van der Waals surface area contributed by atoms with Gasteiger partial charge in [-0.2, -0.15) is 0 Å². The van der Waals surface area contributed by atoms with E-state index in [0.29, 0.717) is 16.7 Å². The number of hydrogen-bond donors (Lipinski definition) is 1. The molecular weight excluding hydrogens is 270 g/mol. The molecule has 1 N–H and O–H groups in total. The monoisotopic (exact) mass is 281 g/mol. The van der Waals surface area contributed by atoms with Gasteiger partial charge in [-0.1, -0.05) is 12.1 Å². The average molecular weight is 281 g/mol. The molecule has 0 unspecified atom stereocenters. The molecular formula is C15H11N3O3. The van der Waals surface area contributed by atoms with Crippen LogP contribution in [0.3, 0.4) is 0 Å². The number of Topliss-reactive ketones (excluding diaryl/α,β-unsaturated/α-hetero) is 1. The minimum Gasteiger partial charge on any atom is -0.452 e. The molecule has 21 heavy (non-hydrogen) atoms. The van der Waals surface area contributed by atoms with Crippen LogP contribution in [0.2, 0.25) is 0 Å². The molecule has 0 fully saturated rings. The Hall–Kier alpha value is -3.02. The number of carbonyl (C=O) groups is 2. The molecule has 6 nitrogen and oxygen atoms in total. The second kappa shape index (κ2) is 5.54. The highest BCUT2D eigenvalue weighted by molar-refractivity contribution is 5.97. The van der Waals surface area contributed by atoms with Crippen LogP contribution in [0.1, 0.15) is 21.0 Å². The number of ether oxygens (including phenoxy) is 1. The number of nitrogens with zero attached hydrogens (tertiary/aromatic N) is 2. The third-order valence-corrected chi connectivity index (χ3v) is 2.89. The second-order valence-electron chi connectivity index (χ2n) is 4.33. The molecule has 6 heteroatoms. The van der Waals surface area contributed by atoms with Crippen molar-refractivity contribution in [2.45, 2.75) is 0 Å². The van der Waals surface area contributed by atoms with Gasteiger partial charge in [-0.3, -0.25) is 9.78 Å². The van der Waals surface area contributed by atoms with Crippen molar-refractivity contribution in [1.82, 2.24) is 15.0 Å². The van der Waals surface area contributed by atoms with E-state index in [1.54, 1.807) is 36.5 Å². The van der Waals surface area contributed by atoms with Crippen molar-refractivity contribution in [3.63, 3.8) is 0 Å². The van der Waals surface area contributed by atoms with Gasteiger partial charge in [0, 0.05) is 6.20 Å². The van der Waals surface area contributed by atoms with E-state index >= 15 is 0 Å². The van der Waals surface area contributed by atoms with Gasteiger partial charge in [0.15, 0.2) is 12.3 Å². The van der Waals surface area contributed by atoms with Crippen LogP contribution < -0.4 is 0 Å². The quantitative estimate of drug-likeness (QED) is 0.584. The summed E-state index contributed by atoms with van der Waals surface area (Å²) in [7, 11) is 0. The van der Waals surface area contributed by atoms with Gasteiger partial charge < -0.3 is 9.72 Å². The van der Waals surface area contributed by atoms with E-state index in [4.69, 9.17) is 4.74 Å². The van der Waals surface area contributed by atoms with Gasteiger partial charge >= 0.3 is 5.97 Å².